The number of alkyl carbamates (subject to hydrolysis) is 1. The fraction of sp³-hybridized carbons (Fsp3) is 0.900. The quantitative estimate of drug-likeness (QED) is 0.502. The highest BCUT2D eigenvalue weighted by Gasteiger charge is 2.29. The van der Waals surface area contributed by atoms with Crippen LogP contribution in [0.3, 0.4) is 0 Å². The average molecular weight is 357 g/mol. The highest BCUT2D eigenvalue weighted by atomic mass is 16.6. The van der Waals surface area contributed by atoms with Gasteiger partial charge in [-0.15, -0.1) is 0 Å². The summed E-state index contributed by atoms with van der Waals surface area (Å²) in [6, 6.07) is -1.13. The Morgan fingerprint density at radius 1 is 1.00 bits per heavy atom. The highest BCUT2D eigenvalue weighted by Crippen LogP contribution is 2.13. The number of amides is 1. The molecule has 0 saturated heterocycles. The number of ether oxygens (including phenoxy) is 1. The van der Waals surface area contributed by atoms with Crippen LogP contribution < -0.4 is 11.1 Å². The fourth-order valence-corrected chi connectivity index (χ4v) is 2.70. The molecule has 0 radical (unpaired) electrons. The molecule has 3 N–H and O–H groups in total. The smallest absolute Gasteiger partial charge is 0.408 e. The molecule has 0 aliphatic rings. The van der Waals surface area contributed by atoms with Gasteiger partial charge in [0.15, 0.2) is 5.78 Å². The number of unbranched alkanes of at least 4 members (excludes halogenated alkanes) is 6. The van der Waals surface area contributed by atoms with Gasteiger partial charge in [-0.2, -0.15) is 0 Å². The summed E-state index contributed by atoms with van der Waals surface area (Å²) in [6.07, 6.45) is 8.46. The second-order valence-corrected chi connectivity index (χ2v) is 8.29. The predicted octanol–water partition coefficient (Wildman–Crippen LogP) is 4.57. The number of nitrogens with one attached hydrogen (secondary N) is 1. The summed E-state index contributed by atoms with van der Waals surface area (Å²) in [4.78, 5) is 24.6. The molecular formula is C20H40N2O3. The summed E-state index contributed by atoms with van der Waals surface area (Å²) < 4.78 is 5.25. The standard InChI is InChI=1S/C20H40N2O3/c1-7-8-9-10-11-12-13-14-16(21)18(23)17(15(2)3)22-19(24)25-20(4,5)6/h15-17H,7-14,21H2,1-6H3,(H,22,24)/t16?,17-/m0/s1. The van der Waals surface area contributed by atoms with Gasteiger partial charge in [-0.25, -0.2) is 4.79 Å². The zero-order valence-corrected chi connectivity index (χ0v) is 17.2. The van der Waals surface area contributed by atoms with Gasteiger partial charge >= 0.3 is 6.09 Å². The summed E-state index contributed by atoms with van der Waals surface area (Å²) in [5.41, 5.74) is 5.49. The molecule has 1 amide bonds. The van der Waals surface area contributed by atoms with Crippen molar-refractivity contribution in [3.05, 3.63) is 0 Å². The zero-order chi connectivity index (χ0) is 19.5. The Morgan fingerprint density at radius 3 is 2.00 bits per heavy atom. The Balaban J connectivity index is 4.31. The van der Waals surface area contributed by atoms with Gasteiger partial charge in [0.25, 0.3) is 0 Å². The van der Waals surface area contributed by atoms with E-state index >= 15 is 0 Å². The van der Waals surface area contributed by atoms with Crippen LogP contribution in [0, 0.1) is 5.92 Å². The van der Waals surface area contributed by atoms with Crippen molar-refractivity contribution in [1.82, 2.24) is 5.32 Å². The number of ketones is 1. The van der Waals surface area contributed by atoms with Crippen molar-refractivity contribution in [1.29, 1.82) is 0 Å². The molecule has 5 heteroatoms. The Labute approximate surface area is 154 Å². The maximum atomic E-state index is 12.6. The molecule has 0 saturated carbocycles. The van der Waals surface area contributed by atoms with Crippen molar-refractivity contribution in [3.8, 4) is 0 Å². The maximum Gasteiger partial charge on any atom is 0.408 e. The lowest BCUT2D eigenvalue weighted by molar-refractivity contribution is -0.123. The summed E-state index contributed by atoms with van der Waals surface area (Å²) >= 11 is 0. The van der Waals surface area contributed by atoms with E-state index in [9.17, 15) is 9.59 Å². The molecule has 0 spiro atoms. The minimum absolute atomic E-state index is 0.0277. The SMILES string of the molecule is CCCCCCCCCC(N)C(=O)[C@@H](NC(=O)OC(C)(C)C)C(C)C. The number of Topliss-reactive ketones (excluding diaryl/α,β-unsaturated/α-hetero) is 1. The van der Waals surface area contributed by atoms with Crippen LogP contribution in [0.25, 0.3) is 0 Å². The molecular weight excluding hydrogens is 316 g/mol. The van der Waals surface area contributed by atoms with E-state index in [1.54, 1.807) is 20.8 Å². The maximum absolute atomic E-state index is 12.6. The first-order valence-electron chi connectivity index (χ1n) is 9.87. The van der Waals surface area contributed by atoms with Gasteiger partial charge in [-0.1, -0.05) is 65.7 Å². The fourth-order valence-electron chi connectivity index (χ4n) is 2.70. The summed E-state index contributed by atoms with van der Waals surface area (Å²) in [7, 11) is 0. The van der Waals surface area contributed by atoms with Crippen molar-refractivity contribution < 1.29 is 14.3 Å². The van der Waals surface area contributed by atoms with E-state index in [1.807, 2.05) is 13.8 Å². The van der Waals surface area contributed by atoms with Crippen LogP contribution in [-0.2, 0) is 9.53 Å². The molecule has 2 atom stereocenters. The second-order valence-electron chi connectivity index (χ2n) is 8.29. The molecule has 0 aliphatic carbocycles. The van der Waals surface area contributed by atoms with E-state index in [0.29, 0.717) is 6.42 Å². The van der Waals surface area contributed by atoms with Crippen LogP contribution in [0.5, 0.6) is 0 Å². The summed E-state index contributed by atoms with van der Waals surface area (Å²) in [5, 5.41) is 2.69. The average Bonchev–Trinajstić information content (AvgIpc) is 2.48. The normalized spacial score (nSPS) is 14.2. The molecule has 0 fully saturated rings. The molecule has 5 nitrogen and oxygen atoms in total. The Kier molecular flexibility index (Phi) is 11.7. The first kappa shape index (κ1) is 23.9. The molecule has 0 aromatic heterocycles. The van der Waals surface area contributed by atoms with E-state index in [-0.39, 0.29) is 11.7 Å². The van der Waals surface area contributed by atoms with Crippen molar-refractivity contribution in [2.45, 2.75) is 111 Å². The molecule has 1 unspecified atom stereocenters. The van der Waals surface area contributed by atoms with Crippen LogP contribution in [0.4, 0.5) is 4.79 Å². The lowest BCUT2D eigenvalue weighted by atomic mass is 9.93. The topological polar surface area (TPSA) is 81.4 Å². The highest BCUT2D eigenvalue weighted by molar-refractivity contribution is 5.91. The Hall–Kier alpha value is -1.10. The number of hydrogen-bond acceptors (Lipinski definition) is 4. The number of carbonyl (C=O) groups excluding carboxylic acids is 2. The van der Waals surface area contributed by atoms with E-state index in [0.717, 1.165) is 12.8 Å². The number of rotatable bonds is 12. The van der Waals surface area contributed by atoms with E-state index in [2.05, 4.69) is 12.2 Å². The van der Waals surface area contributed by atoms with Gasteiger partial charge in [0.05, 0.1) is 12.1 Å². The van der Waals surface area contributed by atoms with Crippen LogP contribution in [-0.4, -0.2) is 29.6 Å². The third-order valence-corrected chi connectivity index (χ3v) is 4.13. The first-order chi connectivity index (χ1) is 11.6. The molecule has 25 heavy (non-hydrogen) atoms. The van der Waals surface area contributed by atoms with Crippen molar-refractivity contribution in [2.75, 3.05) is 0 Å². The molecule has 0 bridgehead atoms. The van der Waals surface area contributed by atoms with E-state index < -0.39 is 23.8 Å². The van der Waals surface area contributed by atoms with Crippen molar-refractivity contribution >= 4 is 11.9 Å². The van der Waals surface area contributed by atoms with Gasteiger partial charge in [-0.05, 0) is 33.1 Å². The summed E-state index contributed by atoms with van der Waals surface area (Å²) in [6.45, 7) is 11.4. The minimum atomic E-state index is -0.602. The largest absolute Gasteiger partial charge is 0.444 e. The Morgan fingerprint density at radius 2 is 1.52 bits per heavy atom. The Bertz CT molecular complexity index is 389. The number of nitrogens with two attached hydrogens (primary N) is 1. The van der Waals surface area contributed by atoms with E-state index in [4.69, 9.17) is 10.5 Å². The molecule has 148 valence electrons. The van der Waals surface area contributed by atoms with Crippen LogP contribution in [0.2, 0.25) is 0 Å². The molecule has 0 heterocycles. The van der Waals surface area contributed by atoms with Crippen LogP contribution in [0.1, 0.15) is 92.9 Å². The van der Waals surface area contributed by atoms with Gasteiger partial charge in [0, 0.05) is 0 Å². The molecule has 0 aromatic rings. The van der Waals surface area contributed by atoms with Crippen LogP contribution in [0.15, 0.2) is 0 Å². The zero-order valence-electron chi connectivity index (χ0n) is 17.2. The third-order valence-electron chi connectivity index (χ3n) is 4.13. The molecule has 0 rings (SSSR count). The lowest BCUT2D eigenvalue weighted by Crippen LogP contribution is -2.51. The van der Waals surface area contributed by atoms with Crippen LogP contribution >= 0.6 is 0 Å². The summed E-state index contributed by atoms with van der Waals surface area (Å²) in [5.74, 6) is -0.132. The van der Waals surface area contributed by atoms with Gasteiger partial charge < -0.3 is 15.8 Å². The molecule has 0 aliphatic heterocycles. The first-order valence-corrected chi connectivity index (χ1v) is 9.87. The second kappa shape index (κ2) is 12.3. The molecule has 0 aromatic carbocycles. The van der Waals surface area contributed by atoms with Crippen molar-refractivity contribution in [3.63, 3.8) is 0 Å². The van der Waals surface area contributed by atoms with E-state index in [1.165, 1.54) is 32.1 Å². The lowest BCUT2D eigenvalue weighted by Gasteiger charge is -2.26. The van der Waals surface area contributed by atoms with Gasteiger partial charge in [0.2, 0.25) is 0 Å². The predicted molar refractivity (Wildman–Crippen MR) is 104 cm³/mol. The van der Waals surface area contributed by atoms with Gasteiger partial charge in [0.1, 0.15) is 5.60 Å². The number of hydrogen-bond donors (Lipinski definition) is 2. The number of carbonyl (C=O) groups is 2. The third kappa shape index (κ3) is 12.0. The van der Waals surface area contributed by atoms with Gasteiger partial charge in [-0.3, -0.25) is 4.79 Å². The monoisotopic (exact) mass is 356 g/mol. The van der Waals surface area contributed by atoms with Crippen molar-refractivity contribution in [2.24, 2.45) is 11.7 Å². The minimum Gasteiger partial charge on any atom is -0.444 e.